The van der Waals surface area contributed by atoms with Crippen LogP contribution in [0.4, 0.5) is 0 Å². The van der Waals surface area contributed by atoms with Gasteiger partial charge in [-0.15, -0.1) is 22.9 Å². The molecule has 2 unspecified atom stereocenters. The van der Waals surface area contributed by atoms with Crippen LogP contribution < -0.4 is 0 Å². The number of aliphatic hydroxyl groups excluding tert-OH is 2. The van der Waals surface area contributed by atoms with Gasteiger partial charge in [-0.3, -0.25) is 0 Å². The SMILES string of the molecule is Cc1ccsc1C(O)C(O)CCCl. The lowest BCUT2D eigenvalue weighted by Gasteiger charge is -2.16. The maximum atomic E-state index is 9.69. The van der Waals surface area contributed by atoms with Gasteiger partial charge in [0.15, 0.2) is 0 Å². The molecular weight excluding hydrogens is 208 g/mol. The lowest BCUT2D eigenvalue weighted by Crippen LogP contribution is -2.18. The van der Waals surface area contributed by atoms with Gasteiger partial charge in [0, 0.05) is 10.8 Å². The van der Waals surface area contributed by atoms with Crippen LogP contribution >= 0.6 is 22.9 Å². The van der Waals surface area contributed by atoms with Gasteiger partial charge < -0.3 is 10.2 Å². The van der Waals surface area contributed by atoms with E-state index in [-0.39, 0.29) is 0 Å². The van der Waals surface area contributed by atoms with Crippen LogP contribution in [-0.2, 0) is 0 Å². The van der Waals surface area contributed by atoms with E-state index in [1.54, 1.807) is 0 Å². The van der Waals surface area contributed by atoms with E-state index < -0.39 is 12.2 Å². The van der Waals surface area contributed by atoms with Gasteiger partial charge in [0.05, 0.1) is 6.10 Å². The first kappa shape index (κ1) is 11.0. The predicted molar refractivity (Wildman–Crippen MR) is 55.4 cm³/mol. The van der Waals surface area contributed by atoms with E-state index in [0.717, 1.165) is 10.4 Å². The fourth-order valence-electron chi connectivity index (χ4n) is 1.13. The van der Waals surface area contributed by atoms with Crippen LogP contribution in [0.15, 0.2) is 11.4 Å². The molecule has 0 saturated carbocycles. The Kier molecular flexibility index (Phi) is 4.19. The second kappa shape index (κ2) is 4.96. The molecule has 13 heavy (non-hydrogen) atoms. The van der Waals surface area contributed by atoms with Crippen molar-refractivity contribution in [2.75, 3.05) is 5.88 Å². The molecule has 1 aromatic rings. The topological polar surface area (TPSA) is 40.5 Å². The molecule has 0 radical (unpaired) electrons. The first-order chi connectivity index (χ1) is 6.16. The first-order valence-electron chi connectivity index (χ1n) is 4.13. The molecule has 0 bridgehead atoms. The van der Waals surface area contributed by atoms with Gasteiger partial charge in [-0.2, -0.15) is 0 Å². The molecule has 4 heteroatoms. The Hall–Kier alpha value is -0.0900. The molecule has 1 rings (SSSR count). The van der Waals surface area contributed by atoms with Crippen LogP contribution in [-0.4, -0.2) is 22.2 Å². The summed E-state index contributed by atoms with van der Waals surface area (Å²) in [6, 6.07) is 1.93. The molecule has 0 aliphatic rings. The third-order valence-electron chi connectivity index (χ3n) is 1.94. The second-order valence-corrected chi connectivity index (χ2v) is 4.28. The number of hydrogen-bond donors (Lipinski definition) is 2. The van der Waals surface area contributed by atoms with Crippen molar-refractivity contribution in [3.05, 3.63) is 21.9 Å². The molecule has 0 aliphatic heterocycles. The molecule has 2 atom stereocenters. The monoisotopic (exact) mass is 220 g/mol. The quantitative estimate of drug-likeness (QED) is 0.763. The minimum Gasteiger partial charge on any atom is -0.390 e. The highest BCUT2D eigenvalue weighted by Crippen LogP contribution is 2.27. The van der Waals surface area contributed by atoms with Crippen LogP contribution in [0.1, 0.15) is 23.0 Å². The molecule has 1 heterocycles. The number of thiophene rings is 1. The Morgan fingerprint density at radius 3 is 2.69 bits per heavy atom. The van der Waals surface area contributed by atoms with Gasteiger partial charge in [-0.25, -0.2) is 0 Å². The third-order valence-corrected chi connectivity index (χ3v) is 3.25. The average Bonchev–Trinajstić information content (AvgIpc) is 2.50. The van der Waals surface area contributed by atoms with Crippen LogP contribution in [0.25, 0.3) is 0 Å². The zero-order valence-electron chi connectivity index (χ0n) is 7.40. The van der Waals surface area contributed by atoms with Gasteiger partial charge in [-0.1, -0.05) is 0 Å². The highest BCUT2D eigenvalue weighted by Gasteiger charge is 2.20. The van der Waals surface area contributed by atoms with E-state index in [2.05, 4.69) is 0 Å². The fourth-order valence-corrected chi connectivity index (χ4v) is 2.32. The largest absolute Gasteiger partial charge is 0.390 e. The Morgan fingerprint density at radius 1 is 1.54 bits per heavy atom. The molecule has 0 spiro atoms. The summed E-state index contributed by atoms with van der Waals surface area (Å²) in [6.45, 7) is 1.92. The minimum absolute atomic E-state index is 0.364. The van der Waals surface area contributed by atoms with E-state index >= 15 is 0 Å². The summed E-state index contributed by atoms with van der Waals surface area (Å²) < 4.78 is 0. The Bertz CT molecular complexity index is 262. The van der Waals surface area contributed by atoms with E-state index in [0.29, 0.717) is 12.3 Å². The molecule has 0 saturated heterocycles. The number of halogens is 1. The molecule has 2 nitrogen and oxygen atoms in total. The summed E-state index contributed by atoms with van der Waals surface area (Å²) in [6.07, 6.45) is -1.13. The zero-order valence-corrected chi connectivity index (χ0v) is 8.98. The van der Waals surface area contributed by atoms with Crippen LogP contribution in [0.2, 0.25) is 0 Å². The first-order valence-corrected chi connectivity index (χ1v) is 5.54. The molecule has 2 N–H and O–H groups in total. The average molecular weight is 221 g/mol. The number of alkyl halides is 1. The van der Waals surface area contributed by atoms with Crippen LogP contribution in [0.3, 0.4) is 0 Å². The number of rotatable bonds is 4. The minimum atomic E-state index is -0.793. The standard InChI is InChI=1S/C9H13ClO2S/c1-6-3-5-13-9(6)8(12)7(11)2-4-10/h3,5,7-8,11-12H,2,4H2,1H3. The summed E-state index contributed by atoms with van der Waals surface area (Å²) in [4.78, 5) is 0.831. The summed E-state index contributed by atoms with van der Waals surface area (Å²) in [5, 5.41) is 21.1. The lowest BCUT2D eigenvalue weighted by atomic mass is 10.1. The molecule has 0 aliphatic carbocycles. The number of aryl methyl sites for hydroxylation is 1. The summed E-state index contributed by atoms with van der Waals surface area (Å²) in [5.74, 6) is 0.364. The highest BCUT2D eigenvalue weighted by atomic mass is 35.5. The Labute approximate surface area is 86.8 Å². The molecule has 0 amide bonds. The summed E-state index contributed by atoms with van der Waals surface area (Å²) in [7, 11) is 0. The number of hydrogen-bond acceptors (Lipinski definition) is 3. The smallest absolute Gasteiger partial charge is 0.114 e. The van der Waals surface area contributed by atoms with Crippen molar-refractivity contribution in [3.8, 4) is 0 Å². The van der Waals surface area contributed by atoms with E-state index in [4.69, 9.17) is 11.6 Å². The van der Waals surface area contributed by atoms with Crippen molar-refractivity contribution in [2.45, 2.75) is 25.6 Å². The maximum Gasteiger partial charge on any atom is 0.114 e. The Balaban J connectivity index is 2.67. The van der Waals surface area contributed by atoms with Crippen molar-refractivity contribution in [1.29, 1.82) is 0 Å². The van der Waals surface area contributed by atoms with Crippen molar-refractivity contribution in [2.24, 2.45) is 0 Å². The molecule has 1 aromatic heterocycles. The molecule has 74 valence electrons. The lowest BCUT2D eigenvalue weighted by molar-refractivity contribution is 0.0188. The predicted octanol–water partition coefficient (Wildman–Crippen LogP) is 2.08. The maximum absolute atomic E-state index is 9.69. The zero-order chi connectivity index (χ0) is 9.84. The summed E-state index contributed by atoms with van der Waals surface area (Å²) in [5.41, 5.74) is 1.02. The van der Waals surface area contributed by atoms with Gasteiger partial charge in [-0.05, 0) is 30.4 Å². The van der Waals surface area contributed by atoms with Crippen molar-refractivity contribution >= 4 is 22.9 Å². The van der Waals surface area contributed by atoms with Crippen LogP contribution in [0, 0.1) is 6.92 Å². The highest BCUT2D eigenvalue weighted by molar-refractivity contribution is 7.10. The van der Waals surface area contributed by atoms with Crippen molar-refractivity contribution in [1.82, 2.24) is 0 Å². The van der Waals surface area contributed by atoms with Crippen LogP contribution in [0.5, 0.6) is 0 Å². The normalized spacial score (nSPS) is 15.7. The van der Waals surface area contributed by atoms with Crippen molar-refractivity contribution < 1.29 is 10.2 Å². The molecule has 0 aromatic carbocycles. The second-order valence-electron chi connectivity index (χ2n) is 2.96. The van der Waals surface area contributed by atoms with Gasteiger partial charge >= 0.3 is 0 Å². The van der Waals surface area contributed by atoms with Gasteiger partial charge in [0.25, 0.3) is 0 Å². The van der Waals surface area contributed by atoms with Crippen molar-refractivity contribution in [3.63, 3.8) is 0 Å². The third kappa shape index (κ3) is 2.68. The van der Waals surface area contributed by atoms with Gasteiger partial charge in [0.1, 0.15) is 6.10 Å². The van der Waals surface area contributed by atoms with E-state index in [9.17, 15) is 10.2 Å². The summed E-state index contributed by atoms with van der Waals surface area (Å²) >= 11 is 6.93. The fraction of sp³-hybridized carbons (Fsp3) is 0.556. The number of aliphatic hydroxyl groups is 2. The Morgan fingerprint density at radius 2 is 2.23 bits per heavy atom. The van der Waals surface area contributed by atoms with E-state index in [1.807, 2.05) is 18.4 Å². The van der Waals surface area contributed by atoms with E-state index in [1.165, 1.54) is 11.3 Å². The van der Waals surface area contributed by atoms with Gasteiger partial charge in [0.2, 0.25) is 0 Å². The molecular formula is C9H13ClO2S. The molecule has 0 fully saturated rings.